The first-order valence-corrected chi connectivity index (χ1v) is 9.26. The SMILES string of the molecule is C[Si](C)(C)CCc1cnc(Cl)cc1C(=O)O. The van der Waals surface area contributed by atoms with Crippen molar-refractivity contribution < 1.29 is 9.90 Å². The van der Waals surface area contributed by atoms with E-state index in [2.05, 4.69) is 24.6 Å². The van der Waals surface area contributed by atoms with Gasteiger partial charge in [0, 0.05) is 14.3 Å². The molecule has 0 saturated heterocycles. The molecule has 5 heteroatoms. The Morgan fingerprint density at radius 2 is 2.12 bits per heavy atom. The Morgan fingerprint density at radius 3 is 2.62 bits per heavy atom. The number of hydrogen-bond acceptors (Lipinski definition) is 2. The van der Waals surface area contributed by atoms with E-state index in [1.54, 1.807) is 6.20 Å². The van der Waals surface area contributed by atoms with Crippen LogP contribution in [-0.2, 0) is 6.42 Å². The summed E-state index contributed by atoms with van der Waals surface area (Å²) in [5.41, 5.74) is 1.05. The normalized spacial score (nSPS) is 11.5. The Labute approximate surface area is 101 Å². The smallest absolute Gasteiger partial charge is 0.336 e. The minimum Gasteiger partial charge on any atom is -0.478 e. The molecule has 0 aliphatic rings. The van der Waals surface area contributed by atoms with Crippen LogP contribution in [0.3, 0.4) is 0 Å². The predicted octanol–water partition coefficient (Wildman–Crippen LogP) is 3.31. The molecule has 0 amide bonds. The fourth-order valence-corrected chi connectivity index (χ4v) is 2.54. The molecule has 0 saturated carbocycles. The average Bonchev–Trinajstić information content (AvgIpc) is 2.14. The van der Waals surface area contributed by atoms with Crippen LogP contribution in [-0.4, -0.2) is 24.1 Å². The van der Waals surface area contributed by atoms with Crippen LogP contribution in [0.25, 0.3) is 0 Å². The van der Waals surface area contributed by atoms with Gasteiger partial charge in [0.25, 0.3) is 0 Å². The lowest BCUT2D eigenvalue weighted by molar-refractivity contribution is 0.0695. The number of aryl methyl sites for hydroxylation is 1. The van der Waals surface area contributed by atoms with Crippen molar-refractivity contribution in [2.75, 3.05) is 0 Å². The number of rotatable bonds is 4. The van der Waals surface area contributed by atoms with E-state index in [0.717, 1.165) is 18.0 Å². The second-order valence-electron chi connectivity index (χ2n) is 5.03. The third kappa shape index (κ3) is 3.94. The van der Waals surface area contributed by atoms with E-state index in [0.29, 0.717) is 0 Å². The van der Waals surface area contributed by atoms with Gasteiger partial charge in [0.15, 0.2) is 0 Å². The zero-order valence-electron chi connectivity index (χ0n) is 9.75. The highest BCUT2D eigenvalue weighted by Gasteiger charge is 2.16. The summed E-state index contributed by atoms with van der Waals surface area (Å²) in [5, 5.41) is 9.28. The van der Waals surface area contributed by atoms with Gasteiger partial charge in [0.2, 0.25) is 0 Å². The van der Waals surface area contributed by atoms with Crippen LogP contribution in [0.15, 0.2) is 12.3 Å². The quantitative estimate of drug-likeness (QED) is 0.665. The Bertz CT molecular complexity index is 401. The second kappa shape index (κ2) is 4.97. The van der Waals surface area contributed by atoms with Crippen molar-refractivity contribution in [2.45, 2.75) is 32.1 Å². The van der Waals surface area contributed by atoms with Gasteiger partial charge in [-0.3, -0.25) is 0 Å². The number of carboxylic acid groups (broad SMARTS) is 1. The number of pyridine rings is 1. The Hall–Kier alpha value is -0.873. The number of aromatic carboxylic acids is 1. The number of carbonyl (C=O) groups is 1. The molecule has 1 heterocycles. The van der Waals surface area contributed by atoms with E-state index in [1.807, 2.05) is 0 Å². The molecule has 0 spiro atoms. The first kappa shape index (κ1) is 13.2. The van der Waals surface area contributed by atoms with Crippen LogP contribution in [0.5, 0.6) is 0 Å². The molecule has 1 aromatic heterocycles. The lowest BCUT2D eigenvalue weighted by atomic mass is 10.1. The standard InChI is InChI=1S/C11H16ClNO2Si/c1-16(2,3)5-4-8-7-13-10(12)6-9(8)11(14)15/h6-7H,4-5H2,1-3H3,(H,14,15). The first-order valence-electron chi connectivity index (χ1n) is 5.17. The number of aromatic nitrogens is 1. The molecular formula is C11H16ClNO2Si. The molecule has 0 fully saturated rings. The molecule has 0 aromatic carbocycles. The minimum absolute atomic E-state index is 0.231. The van der Waals surface area contributed by atoms with Crippen molar-refractivity contribution in [1.82, 2.24) is 4.98 Å². The number of halogens is 1. The van der Waals surface area contributed by atoms with Gasteiger partial charge in [-0.05, 0) is 18.1 Å². The molecule has 88 valence electrons. The zero-order chi connectivity index (χ0) is 12.3. The summed E-state index contributed by atoms with van der Waals surface area (Å²) >= 11 is 5.69. The van der Waals surface area contributed by atoms with Gasteiger partial charge in [-0.15, -0.1) is 0 Å². The number of carboxylic acids is 1. The van der Waals surface area contributed by atoms with Crippen LogP contribution >= 0.6 is 11.6 Å². The molecule has 0 aliphatic carbocycles. The lowest BCUT2D eigenvalue weighted by Crippen LogP contribution is -2.20. The van der Waals surface area contributed by atoms with Gasteiger partial charge in [0.05, 0.1) is 5.56 Å². The summed E-state index contributed by atoms with van der Waals surface area (Å²) in [4.78, 5) is 15.0. The maximum absolute atomic E-state index is 11.0. The molecule has 1 rings (SSSR count). The van der Waals surface area contributed by atoms with E-state index >= 15 is 0 Å². The summed E-state index contributed by atoms with van der Waals surface area (Å²) in [6, 6.07) is 2.47. The summed E-state index contributed by atoms with van der Waals surface area (Å²) in [6.07, 6.45) is 2.34. The highest BCUT2D eigenvalue weighted by molar-refractivity contribution is 6.76. The van der Waals surface area contributed by atoms with Crippen LogP contribution in [0.4, 0.5) is 0 Å². The van der Waals surface area contributed by atoms with Gasteiger partial charge in [0.1, 0.15) is 5.15 Å². The van der Waals surface area contributed by atoms with Crippen molar-refractivity contribution in [3.8, 4) is 0 Å². The summed E-state index contributed by atoms with van der Waals surface area (Å²) < 4.78 is 0. The average molecular weight is 258 g/mol. The largest absolute Gasteiger partial charge is 0.478 e. The van der Waals surface area contributed by atoms with Gasteiger partial charge in [-0.25, -0.2) is 9.78 Å². The first-order chi connectivity index (χ1) is 7.29. The summed E-state index contributed by atoms with van der Waals surface area (Å²) in [5.74, 6) is -0.935. The molecule has 0 aliphatic heterocycles. The third-order valence-electron chi connectivity index (χ3n) is 2.33. The molecule has 0 radical (unpaired) electrons. The molecule has 3 nitrogen and oxygen atoms in total. The third-order valence-corrected chi connectivity index (χ3v) is 4.28. The molecule has 1 aromatic rings. The van der Waals surface area contributed by atoms with Crippen molar-refractivity contribution >= 4 is 25.6 Å². The molecule has 0 bridgehead atoms. The lowest BCUT2D eigenvalue weighted by Gasteiger charge is -2.16. The van der Waals surface area contributed by atoms with E-state index in [9.17, 15) is 4.79 Å². The van der Waals surface area contributed by atoms with Gasteiger partial charge in [-0.1, -0.05) is 37.3 Å². The Morgan fingerprint density at radius 1 is 1.50 bits per heavy atom. The van der Waals surface area contributed by atoms with Crippen molar-refractivity contribution in [1.29, 1.82) is 0 Å². The zero-order valence-corrected chi connectivity index (χ0v) is 11.5. The van der Waals surface area contributed by atoms with E-state index < -0.39 is 14.0 Å². The van der Waals surface area contributed by atoms with Crippen LogP contribution in [0, 0.1) is 0 Å². The van der Waals surface area contributed by atoms with Crippen LogP contribution in [0.1, 0.15) is 15.9 Å². The monoisotopic (exact) mass is 257 g/mol. The molecule has 16 heavy (non-hydrogen) atoms. The van der Waals surface area contributed by atoms with E-state index in [1.165, 1.54) is 6.07 Å². The molecule has 0 atom stereocenters. The van der Waals surface area contributed by atoms with Crippen LogP contribution in [0.2, 0.25) is 30.8 Å². The number of nitrogens with zero attached hydrogens (tertiary/aromatic N) is 1. The highest BCUT2D eigenvalue weighted by atomic mass is 35.5. The van der Waals surface area contributed by atoms with Crippen LogP contribution < -0.4 is 0 Å². The second-order valence-corrected chi connectivity index (χ2v) is 11.0. The van der Waals surface area contributed by atoms with Crippen molar-refractivity contribution in [3.05, 3.63) is 28.5 Å². The van der Waals surface area contributed by atoms with Gasteiger partial charge < -0.3 is 5.11 Å². The number of hydrogen-bond donors (Lipinski definition) is 1. The molecular weight excluding hydrogens is 242 g/mol. The molecule has 1 N–H and O–H groups in total. The van der Waals surface area contributed by atoms with Crippen molar-refractivity contribution in [2.24, 2.45) is 0 Å². The van der Waals surface area contributed by atoms with Gasteiger partial charge in [-0.2, -0.15) is 0 Å². The van der Waals surface area contributed by atoms with Gasteiger partial charge >= 0.3 is 5.97 Å². The summed E-state index contributed by atoms with van der Waals surface area (Å²) in [7, 11) is -1.16. The maximum Gasteiger partial charge on any atom is 0.336 e. The maximum atomic E-state index is 11.0. The topological polar surface area (TPSA) is 50.2 Å². The fraction of sp³-hybridized carbons (Fsp3) is 0.455. The highest BCUT2D eigenvalue weighted by Crippen LogP contribution is 2.18. The molecule has 0 unspecified atom stereocenters. The Kier molecular flexibility index (Phi) is 4.10. The van der Waals surface area contributed by atoms with E-state index in [4.69, 9.17) is 16.7 Å². The fourth-order valence-electron chi connectivity index (χ4n) is 1.37. The van der Waals surface area contributed by atoms with E-state index in [-0.39, 0.29) is 10.7 Å². The minimum atomic E-state index is -1.16. The van der Waals surface area contributed by atoms with Crippen molar-refractivity contribution in [3.63, 3.8) is 0 Å². The Balaban J connectivity index is 2.91. The predicted molar refractivity (Wildman–Crippen MR) is 68.1 cm³/mol. The summed E-state index contributed by atoms with van der Waals surface area (Å²) in [6.45, 7) is 6.78.